The Morgan fingerprint density at radius 1 is 1.06 bits per heavy atom. The van der Waals surface area contributed by atoms with E-state index in [4.69, 9.17) is 9.16 Å². The Bertz CT molecular complexity index is 804. The zero-order valence-electron chi connectivity index (χ0n) is 23.2. The fourth-order valence-electron chi connectivity index (χ4n) is 4.27. The topological polar surface area (TPSA) is 59.1 Å². The van der Waals surface area contributed by atoms with Crippen LogP contribution < -0.4 is 0 Å². The van der Waals surface area contributed by atoms with Crippen molar-refractivity contribution in [3.63, 3.8) is 0 Å². The molecule has 0 saturated carbocycles. The summed E-state index contributed by atoms with van der Waals surface area (Å²) in [5, 5.41) is 4.36. The van der Waals surface area contributed by atoms with Crippen molar-refractivity contribution in [2.45, 2.75) is 103 Å². The van der Waals surface area contributed by atoms with Gasteiger partial charge in [0.2, 0.25) is 5.91 Å². The van der Waals surface area contributed by atoms with Crippen molar-refractivity contribution in [3.05, 3.63) is 35.4 Å². The van der Waals surface area contributed by atoms with E-state index in [0.29, 0.717) is 24.6 Å². The van der Waals surface area contributed by atoms with Gasteiger partial charge in [-0.15, -0.1) is 0 Å². The summed E-state index contributed by atoms with van der Waals surface area (Å²) in [6, 6.07) is 7.45. The van der Waals surface area contributed by atoms with Crippen LogP contribution in [-0.2, 0) is 20.4 Å². The maximum Gasteiger partial charge on any atom is 0.337 e. The molecule has 1 unspecified atom stereocenters. The fourth-order valence-corrected chi connectivity index (χ4v) is 5.69. The maximum absolute atomic E-state index is 12.6. The second kappa shape index (κ2) is 13.6. The predicted octanol–water partition coefficient (Wildman–Crippen LogP) is 6.22. The molecule has 1 atom stereocenters. The lowest BCUT2D eigenvalue weighted by atomic mass is 10.1. The fraction of sp³-hybridized carbons (Fsp3) is 0.714. The van der Waals surface area contributed by atoms with Crippen LogP contribution in [0, 0.1) is 0 Å². The van der Waals surface area contributed by atoms with Gasteiger partial charge in [-0.25, -0.2) is 9.80 Å². The Labute approximate surface area is 214 Å². The highest BCUT2D eigenvalue weighted by atomic mass is 28.4. The van der Waals surface area contributed by atoms with Crippen LogP contribution in [0.25, 0.3) is 0 Å². The van der Waals surface area contributed by atoms with E-state index >= 15 is 0 Å². The number of amides is 1. The minimum absolute atomic E-state index is 0.202. The highest BCUT2D eigenvalue weighted by Gasteiger charge is 2.39. The van der Waals surface area contributed by atoms with E-state index in [9.17, 15) is 9.59 Å². The molecule has 0 N–H and O–H groups in total. The molecule has 1 aromatic rings. The quantitative estimate of drug-likeness (QED) is 0.171. The lowest BCUT2D eigenvalue weighted by molar-refractivity contribution is -0.138. The summed E-state index contributed by atoms with van der Waals surface area (Å²) in [5.41, 5.74) is 1.65. The summed E-state index contributed by atoms with van der Waals surface area (Å²) in [7, 11) is -0.419. The van der Waals surface area contributed by atoms with E-state index in [2.05, 4.69) is 45.8 Å². The number of methoxy groups -OCH3 is 1. The summed E-state index contributed by atoms with van der Waals surface area (Å²) in [6.07, 6.45) is 8.56. The van der Waals surface area contributed by atoms with Crippen molar-refractivity contribution >= 4 is 20.2 Å². The second-order valence-electron chi connectivity index (χ2n) is 11.3. The van der Waals surface area contributed by atoms with Crippen LogP contribution in [-0.4, -0.2) is 63.1 Å². The van der Waals surface area contributed by atoms with Gasteiger partial charge in [0.25, 0.3) is 0 Å². The van der Waals surface area contributed by atoms with Crippen LogP contribution in [0.4, 0.5) is 0 Å². The molecule has 1 aromatic carbocycles. The van der Waals surface area contributed by atoms with E-state index < -0.39 is 8.32 Å². The number of ether oxygens (including phenoxy) is 1. The van der Waals surface area contributed by atoms with Gasteiger partial charge >= 0.3 is 5.97 Å². The first-order valence-corrected chi connectivity index (χ1v) is 16.3. The molecule has 7 heteroatoms. The Hall–Kier alpha value is -1.70. The van der Waals surface area contributed by atoms with Crippen molar-refractivity contribution in [2.24, 2.45) is 0 Å². The summed E-state index contributed by atoms with van der Waals surface area (Å²) >= 11 is 0. The van der Waals surface area contributed by atoms with Gasteiger partial charge < -0.3 is 9.16 Å². The van der Waals surface area contributed by atoms with Crippen LogP contribution in [0.2, 0.25) is 18.1 Å². The third-order valence-electron chi connectivity index (χ3n) is 7.54. The zero-order valence-corrected chi connectivity index (χ0v) is 24.2. The molecule has 1 saturated heterocycles. The number of carbonyl (C=O) groups excluding carboxylic acids is 2. The molecule has 6 nitrogen and oxygen atoms in total. The number of nitrogens with zero attached hydrogens (tertiary/aromatic N) is 2. The number of benzene rings is 1. The minimum Gasteiger partial charge on any atom is -0.465 e. The second-order valence-corrected chi connectivity index (χ2v) is 16.1. The average Bonchev–Trinajstić information content (AvgIpc) is 3.15. The van der Waals surface area contributed by atoms with E-state index in [-0.39, 0.29) is 16.9 Å². The van der Waals surface area contributed by atoms with Crippen LogP contribution in [0.15, 0.2) is 24.3 Å². The molecular formula is C28H48N2O4Si. The Morgan fingerprint density at radius 3 is 2.31 bits per heavy atom. The van der Waals surface area contributed by atoms with Gasteiger partial charge in [0.1, 0.15) is 0 Å². The number of unbranched alkanes of at least 4 members (excludes halogenated alkanes) is 2. The standard InChI is InChI=1S/C28H48N2O4Si/c1-8-9-10-12-25(34-35(6,7)28(2,3)4)13-11-20-29-21-19-26(31)30(29)22-18-23-14-16-24(17-15-23)27(32)33-5/h14-17,25H,8-13,18-22H2,1-7H3. The number of hydrogen-bond acceptors (Lipinski definition) is 5. The van der Waals surface area contributed by atoms with Gasteiger partial charge in [0.05, 0.1) is 12.7 Å². The normalized spacial score (nSPS) is 16.1. The van der Waals surface area contributed by atoms with E-state index in [1.807, 2.05) is 17.1 Å². The molecule has 1 fully saturated rings. The van der Waals surface area contributed by atoms with Crippen LogP contribution >= 0.6 is 0 Å². The molecule has 198 valence electrons. The molecule has 1 heterocycles. The van der Waals surface area contributed by atoms with Gasteiger partial charge in [-0.3, -0.25) is 9.80 Å². The molecule has 0 aromatic heterocycles. The van der Waals surface area contributed by atoms with Crippen LogP contribution in [0.3, 0.4) is 0 Å². The largest absolute Gasteiger partial charge is 0.465 e. The summed E-state index contributed by atoms with van der Waals surface area (Å²) in [6.45, 7) is 16.2. The molecular weight excluding hydrogens is 456 g/mol. The van der Waals surface area contributed by atoms with E-state index in [1.54, 1.807) is 12.1 Å². The smallest absolute Gasteiger partial charge is 0.337 e. The zero-order chi connectivity index (χ0) is 26.1. The van der Waals surface area contributed by atoms with E-state index in [0.717, 1.165) is 44.3 Å². The molecule has 35 heavy (non-hydrogen) atoms. The average molecular weight is 505 g/mol. The van der Waals surface area contributed by atoms with Crippen LogP contribution in [0.1, 0.15) is 88.6 Å². The first kappa shape index (κ1) is 29.5. The first-order chi connectivity index (χ1) is 16.5. The number of carbonyl (C=O) groups is 2. The monoisotopic (exact) mass is 504 g/mol. The summed E-state index contributed by atoms with van der Waals surface area (Å²) < 4.78 is 11.6. The molecule has 0 aliphatic carbocycles. The van der Waals surface area contributed by atoms with Crippen molar-refractivity contribution in [1.29, 1.82) is 0 Å². The molecule has 1 aliphatic heterocycles. The molecule has 2 rings (SSSR count). The highest BCUT2D eigenvalue weighted by Crippen LogP contribution is 2.38. The van der Waals surface area contributed by atoms with Gasteiger partial charge in [-0.2, -0.15) is 0 Å². The van der Waals surface area contributed by atoms with Gasteiger partial charge in [0, 0.05) is 32.2 Å². The Balaban J connectivity index is 1.90. The van der Waals surface area contributed by atoms with Crippen molar-refractivity contribution in [2.75, 3.05) is 26.7 Å². The molecule has 0 radical (unpaired) electrons. The Kier molecular flexibility index (Phi) is 11.4. The lowest BCUT2D eigenvalue weighted by Gasteiger charge is -2.39. The van der Waals surface area contributed by atoms with Gasteiger partial charge in [-0.05, 0) is 61.5 Å². The third kappa shape index (κ3) is 9.03. The highest BCUT2D eigenvalue weighted by molar-refractivity contribution is 6.74. The summed E-state index contributed by atoms with van der Waals surface area (Å²) in [4.78, 5) is 24.2. The molecule has 1 amide bonds. The minimum atomic E-state index is -1.81. The Morgan fingerprint density at radius 2 is 1.71 bits per heavy atom. The lowest BCUT2D eigenvalue weighted by Crippen LogP contribution is -2.44. The predicted molar refractivity (Wildman–Crippen MR) is 145 cm³/mol. The maximum atomic E-state index is 12.6. The molecule has 1 aliphatic rings. The van der Waals surface area contributed by atoms with Crippen LogP contribution in [0.5, 0.6) is 0 Å². The van der Waals surface area contributed by atoms with Gasteiger partial charge in [0.15, 0.2) is 8.32 Å². The SMILES string of the molecule is CCCCCC(CCCN1CCC(=O)N1CCc1ccc(C(=O)OC)cc1)O[Si](C)(C)C(C)(C)C. The number of esters is 1. The van der Waals surface area contributed by atoms with Crippen molar-refractivity contribution in [1.82, 2.24) is 10.0 Å². The summed E-state index contributed by atoms with van der Waals surface area (Å²) in [5.74, 6) is -0.129. The number of hydrazine groups is 1. The number of hydrogen-bond donors (Lipinski definition) is 0. The van der Waals surface area contributed by atoms with Crippen molar-refractivity contribution < 1.29 is 18.8 Å². The first-order valence-electron chi connectivity index (χ1n) is 13.4. The number of rotatable bonds is 14. The van der Waals surface area contributed by atoms with Gasteiger partial charge in [-0.1, -0.05) is 59.1 Å². The third-order valence-corrected chi connectivity index (χ3v) is 12.1. The van der Waals surface area contributed by atoms with Crippen molar-refractivity contribution in [3.8, 4) is 0 Å². The molecule has 0 bridgehead atoms. The van der Waals surface area contributed by atoms with E-state index in [1.165, 1.54) is 26.4 Å². The molecule has 0 spiro atoms.